The van der Waals surface area contributed by atoms with E-state index in [1.54, 1.807) is 6.20 Å². The van der Waals surface area contributed by atoms with Crippen molar-refractivity contribution in [2.24, 2.45) is 0 Å². The number of ether oxygens (including phenoxy) is 1. The largest absolute Gasteiger partial charge is 0.493 e. The number of hydrogen-bond acceptors (Lipinski definition) is 3. The third-order valence-corrected chi connectivity index (χ3v) is 2.25. The van der Waals surface area contributed by atoms with Crippen LogP contribution in [0.5, 0.6) is 5.75 Å². The van der Waals surface area contributed by atoms with Gasteiger partial charge in [0.25, 0.3) is 0 Å². The molecule has 0 aliphatic rings. The van der Waals surface area contributed by atoms with Crippen molar-refractivity contribution in [1.82, 2.24) is 4.98 Å². The summed E-state index contributed by atoms with van der Waals surface area (Å²) >= 11 is 0. The number of rotatable bonds is 3. The van der Waals surface area contributed by atoms with Gasteiger partial charge in [0.05, 0.1) is 24.2 Å². The van der Waals surface area contributed by atoms with Crippen molar-refractivity contribution in [3.05, 3.63) is 42.6 Å². The van der Waals surface area contributed by atoms with Crippen LogP contribution in [0.25, 0.3) is 11.3 Å². The SMILES string of the molecule is CCOc1ccccc1-c1ccc(N)cn1. The minimum Gasteiger partial charge on any atom is -0.493 e. The Bertz CT molecular complexity index is 466. The zero-order chi connectivity index (χ0) is 11.4. The van der Waals surface area contributed by atoms with Gasteiger partial charge in [-0.05, 0) is 31.2 Å². The lowest BCUT2D eigenvalue weighted by molar-refractivity contribution is 0.341. The highest BCUT2D eigenvalue weighted by Gasteiger charge is 2.05. The number of pyridine rings is 1. The van der Waals surface area contributed by atoms with Crippen LogP contribution >= 0.6 is 0 Å². The summed E-state index contributed by atoms with van der Waals surface area (Å²) in [4.78, 5) is 4.29. The van der Waals surface area contributed by atoms with E-state index in [2.05, 4.69) is 4.98 Å². The maximum absolute atomic E-state index is 5.61. The van der Waals surface area contributed by atoms with E-state index in [1.165, 1.54) is 0 Å². The molecule has 1 aromatic carbocycles. The Hall–Kier alpha value is -2.03. The molecule has 0 radical (unpaired) electrons. The Kier molecular flexibility index (Phi) is 3.05. The van der Waals surface area contributed by atoms with Crippen LogP contribution in [0.1, 0.15) is 6.92 Å². The number of nitrogen functional groups attached to an aromatic ring is 1. The maximum Gasteiger partial charge on any atom is 0.128 e. The van der Waals surface area contributed by atoms with Crippen molar-refractivity contribution in [2.75, 3.05) is 12.3 Å². The number of hydrogen-bond donors (Lipinski definition) is 1. The molecule has 0 bridgehead atoms. The van der Waals surface area contributed by atoms with Crippen LogP contribution < -0.4 is 10.5 Å². The molecule has 0 spiro atoms. The molecule has 2 aromatic rings. The molecule has 0 aliphatic carbocycles. The first kappa shape index (κ1) is 10.5. The van der Waals surface area contributed by atoms with Crippen LogP contribution in [0.15, 0.2) is 42.6 Å². The topological polar surface area (TPSA) is 48.1 Å². The first-order chi connectivity index (χ1) is 7.81. The molecule has 3 heteroatoms. The quantitative estimate of drug-likeness (QED) is 0.854. The fourth-order valence-corrected chi connectivity index (χ4v) is 1.52. The van der Waals surface area contributed by atoms with Crippen LogP contribution in [0.3, 0.4) is 0 Å². The lowest BCUT2D eigenvalue weighted by atomic mass is 10.1. The number of benzene rings is 1. The number of aromatic nitrogens is 1. The monoisotopic (exact) mass is 214 g/mol. The number of nitrogens with zero attached hydrogens (tertiary/aromatic N) is 1. The van der Waals surface area contributed by atoms with Gasteiger partial charge in [0, 0.05) is 5.56 Å². The van der Waals surface area contributed by atoms with Gasteiger partial charge in [0.2, 0.25) is 0 Å². The molecule has 1 heterocycles. The second-order valence-electron chi connectivity index (χ2n) is 3.41. The van der Waals surface area contributed by atoms with Crippen LogP contribution in [0.2, 0.25) is 0 Å². The molecule has 0 amide bonds. The van der Waals surface area contributed by atoms with E-state index < -0.39 is 0 Å². The number of nitrogens with two attached hydrogens (primary N) is 1. The van der Waals surface area contributed by atoms with Crippen LogP contribution in [0, 0.1) is 0 Å². The summed E-state index contributed by atoms with van der Waals surface area (Å²) in [5, 5.41) is 0. The molecule has 0 saturated carbocycles. The third-order valence-electron chi connectivity index (χ3n) is 2.25. The summed E-state index contributed by atoms with van der Waals surface area (Å²) in [6, 6.07) is 11.6. The summed E-state index contributed by atoms with van der Waals surface area (Å²) < 4.78 is 5.55. The van der Waals surface area contributed by atoms with Crippen molar-refractivity contribution in [3.8, 4) is 17.0 Å². The summed E-state index contributed by atoms with van der Waals surface area (Å²) in [6.07, 6.45) is 1.65. The smallest absolute Gasteiger partial charge is 0.128 e. The normalized spacial score (nSPS) is 10.1. The standard InChI is InChI=1S/C13H14N2O/c1-2-16-13-6-4-3-5-11(13)12-8-7-10(14)9-15-12/h3-9H,2,14H2,1H3. The lowest BCUT2D eigenvalue weighted by Gasteiger charge is -2.09. The predicted molar refractivity (Wildman–Crippen MR) is 65.3 cm³/mol. The van der Waals surface area contributed by atoms with Gasteiger partial charge in [0.1, 0.15) is 5.75 Å². The number of anilines is 1. The second kappa shape index (κ2) is 4.66. The van der Waals surface area contributed by atoms with Gasteiger partial charge in [0.15, 0.2) is 0 Å². The fraction of sp³-hybridized carbons (Fsp3) is 0.154. The van der Waals surface area contributed by atoms with Crippen molar-refractivity contribution in [1.29, 1.82) is 0 Å². The van der Waals surface area contributed by atoms with E-state index in [0.29, 0.717) is 12.3 Å². The molecule has 0 unspecified atom stereocenters. The van der Waals surface area contributed by atoms with Crippen LogP contribution in [-0.2, 0) is 0 Å². The predicted octanol–water partition coefficient (Wildman–Crippen LogP) is 2.73. The highest BCUT2D eigenvalue weighted by Crippen LogP contribution is 2.28. The van der Waals surface area contributed by atoms with E-state index in [9.17, 15) is 0 Å². The third kappa shape index (κ3) is 2.14. The lowest BCUT2D eigenvalue weighted by Crippen LogP contribution is -1.95. The molecular weight excluding hydrogens is 200 g/mol. The van der Waals surface area contributed by atoms with Crippen molar-refractivity contribution in [3.63, 3.8) is 0 Å². The van der Waals surface area contributed by atoms with Gasteiger partial charge < -0.3 is 10.5 Å². The van der Waals surface area contributed by atoms with Gasteiger partial charge in [-0.3, -0.25) is 4.98 Å². The van der Waals surface area contributed by atoms with E-state index in [-0.39, 0.29) is 0 Å². The Morgan fingerprint density at radius 3 is 2.69 bits per heavy atom. The molecule has 0 aliphatic heterocycles. The average Bonchev–Trinajstić information content (AvgIpc) is 2.32. The fourth-order valence-electron chi connectivity index (χ4n) is 1.52. The zero-order valence-electron chi connectivity index (χ0n) is 9.18. The first-order valence-electron chi connectivity index (χ1n) is 5.25. The molecule has 1 aromatic heterocycles. The molecule has 0 atom stereocenters. The minimum atomic E-state index is 0.645. The highest BCUT2D eigenvalue weighted by atomic mass is 16.5. The molecule has 82 valence electrons. The number of para-hydroxylation sites is 1. The highest BCUT2D eigenvalue weighted by molar-refractivity contribution is 5.67. The maximum atomic E-state index is 5.61. The van der Waals surface area contributed by atoms with E-state index in [0.717, 1.165) is 17.0 Å². The van der Waals surface area contributed by atoms with Crippen LogP contribution in [-0.4, -0.2) is 11.6 Å². The Morgan fingerprint density at radius 1 is 1.19 bits per heavy atom. The van der Waals surface area contributed by atoms with Crippen molar-refractivity contribution >= 4 is 5.69 Å². The summed E-state index contributed by atoms with van der Waals surface area (Å²) in [7, 11) is 0. The van der Waals surface area contributed by atoms with Gasteiger partial charge in [-0.15, -0.1) is 0 Å². The van der Waals surface area contributed by atoms with Gasteiger partial charge >= 0.3 is 0 Å². The average molecular weight is 214 g/mol. The van der Waals surface area contributed by atoms with E-state index in [4.69, 9.17) is 10.5 Å². The van der Waals surface area contributed by atoms with Gasteiger partial charge in [-0.1, -0.05) is 12.1 Å². The van der Waals surface area contributed by atoms with Gasteiger partial charge in [-0.2, -0.15) is 0 Å². The summed E-state index contributed by atoms with van der Waals surface area (Å²) in [5.41, 5.74) is 8.14. The Labute approximate surface area is 94.9 Å². The van der Waals surface area contributed by atoms with Crippen molar-refractivity contribution in [2.45, 2.75) is 6.92 Å². The Balaban J connectivity index is 2.42. The Morgan fingerprint density at radius 2 is 2.00 bits per heavy atom. The molecule has 2 N–H and O–H groups in total. The zero-order valence-corrected chi connectivity index (χ0v) is 9.18. The van der Waals surface area contributed by atoms with Crippen LogP contribution in [0.4, 0.5) is 5.69 Å². The van der Waals surface area contributed by atoms with Crippen molar-refractivity contribution < 1.29 is 4.74 Å². The minimum absolute atomic E-state index is 0.645. The molecule has 2 rings (SSSR count). The summed E-state index contributed by atoms with van der Waals surface area (Å²) in [6.45, 7) is 2.61. The molecule has 3 nitrogen and oxygen atoms in total. The molecule has 0 fully saturated rings. The van der Waals surface area contributed by atoms with E-state index in [1.807, 2.05) is 43.3 Å². The molecule has 0 saturated heterocycles. The second-order valence-corrected chi connectivity index (χ2v) is 3.41. The molecule has 16 heavy (non-hydrogen) atoms. The van der Waals surface area contributed by atoms with E-state index >= 15 is 0 Å². The first-order valence-corrected chi connectivity index (χ1v) is 5.25. The summed E-state index contributed by atoms with van der Waals surface area (Å²) in [5.74, 6) is 0.849. The van der Waals surface area contributed by atoms with Gasteiger partial charge in [-0.25, -0.2) is 0 Å². The molecular formula is C13H14N2O.